The molecular weight excluding hydrogens is 228 g/mol. The molecule has 0 radical (unpaired) electrons. The molecule has 0 saturated carbocycles. The molecular formula is C11H20O6. The maximum atomic E-state index is 10.9. The summed E-state index contributed by atoms with van der Waals surface area (Å²) in [5.41, 5.74) is 0. The first-order chi connectivity index (χ1) is 8.20. The molecule has 0 atom stereocenters. The Morgan fingerprint density at radius 1 is 0.882 bits per heavy atom. The molecule has 0 unspecified atom stereocenters. The van der Waals surface area contributed by atoms with Gasteiger partial charge in [-0.3, -0.25) is 9.59 Å². The molecule has 0 fully saturated rings. The Hall–Kier alpha value is -1.14. The first-order valence-corrected chi connectivity index (χ1v) is 5.58. The van der Waals surface area contributed by atoms with Crippen LogP contribution in [0.2, 0.25) is 0 Å². The Morgan fingerprint density at radius 3 is 1.88 bits per heavy atom. The Labute approximate surface area is 101 Å². The van der Waals surface area contributed by atoms with E-state index in [2.05, 4.69) is 4.74 Å². The van der Waals surface area contributed by atoms with E-state index < -0.39 is 0 Å². The highest BCUT2D eigenvalue weighted by molar-refractivity contribution is 5.69. The van der Waals surface area contributed by atoms with Gasteiger partial charge < -0.3 is 18.9 Å². The zero-order valence-electron chi connectivity index (χ0n) is 10.4. The number of rotatable bonds is 10. The summed E-state index contributed by atoms with van der Waals surface area (Å²) in [6.45, 7) is 3.55. The van der Waals surface area contributed by atoms with Crippen molar-refractivity contribution >= 4 is 11.9 Å². The molecule has 0 aliphatic rings. The second-order valence-corrected chi connectivity index (χ2v) is 3.11. The van der Waals surface area contributed by atoms with Gasteiger partial charge in [-0.15, -0.1) is 0 Å². The molecule has 100 valence electrons. The third-order valence-corrected chi connectivity index (χ3v) is 1.81. The van der Waals surface area contributed by atoms with E-state index in [0.717, 1.165) is 0 Å². The lowest BCUT2D eigenvalue weighted by molar-refractivity contribution is -0.145. The highest BCUT2D eigenvalue weighted by atomic mass is 16.5. The fourth-order valence-corrected chi connectivity index (χ4v) is 0.968. The molecule has 0 aromatic heterocycles. The fraction of sp³-hybridized carbons (Fsp3) is 0.818. The molecule has 17 heavy (non-hydrogen) atoms. The minimum Gasteiger partial charge on any atom is -0.469 e. The van der Waals surface area contributed by atoms with Crippen molar-refractivity contribution in [1.82, 2.24) is 0 Å². The molecule has 0 heterocycles. The average Bonchev–Trinajstić information content (AvgIpc) is 2.32. The van der Waals surface area contributed by atoms with Crippen molar-refractivity contribution in [3.8, 4) is 0 Å². The van der Waals surface area contributed by atoms with Crippen molar-refractivity contribution in [3.05, 3.63) is 0 Å². The van der Waals surface area contributed by atoms with Gasteiger partial charge in [0, 0.05) is 0 Å². The van der Waals surface area contributed by atoms with Crippen LogP contribution in [0.4, 0.5) is 0 Å². The van der Waals surface area contributed by atoms with Gasteiger partial charge in [-0.25, -0.2) is 0 Å². The molecule has 0 aromatic carbocycles. The van der Waals surface area contributed by atoms with Crippen LogP contribution < -0.4 is 0 Å². The fourth-order valence-electron chi connectivity index (χ4n) is 0.968. The van der Waals surface area contributed by atoms with Gasteiger partial charge in [0.15, 0.2) is 0 Å². The lowest BCUT2D eigenvalue weighted by Crippen LogP contribution is -2.12. The molecule has 0 aliphatic carbocycles. The molecule has 0 spiro atoms. The zero-order valence-corrected chi connectivity index (χ0v) is 10.4. The summed E-state index contributed by atoms with van der Waals surface area (Å²) in [6.07, 6.45) is 0.481. The van der Waals surface area contributed by atoms with E-state index in [-0.39, 0.29) is 24.8 Å². The second-order valence-electron chi connectivity index (χ2n) is 3.11. The van der Waals surface area contributed by atoms with Crippen molar-refractivity contribution in [2.45, 2.75) is 19.8 Å². The maximum Gasteiger partial charge on any atom is 0.308 e. The lowest BCUT2D eigenvalue weighted by Gasteiger charge is -2.05. The van der Waals surface area contributed by atoms with E-state index in [1.807, 2.05) is 0 Å². The van der Waals surface area contributed by atoms with Gasteiger partial charge in [-0.05, 0) is 6.92 Å². The minimum atomic E-state index is -0.298. The van der Waals surface area contributed by atoms with Gasteiger partial charge >= 0.3 is 11.9 Å². The number of hydrogen-bond acceptors (Lipinski definition) is 6. The highest BCUT2D eigenvalue weighted by Crippen LogP contribution is 1.90. The van der Waals surface area contributed by atoms with E-state index in [1.165, 1.54) is 7.11 Å². The molecule has 0 aliphatic heterocycles. The van der Waals surface area contributed by atoms with Crippen molar-refractivity contribution in [1.29, 1.82) is 0 Å². The van der Waals surface area contributed by atoms with Crippen molar-refractivity contribution < 1.29 is 28.5 Å². The van der Waals surface area contributed by atoms with E-state index in [4.69, 9.17) is 14.2 Å². The van der Waals surface area contributed by atoms with Crippen LogP contribution in [0, 0.1) is 0 Å². The summed E-state index contributed by atoms with van der Waals surface area (Å²) >= 11 is 0. The summed E-state index contributed by atoms with van der Waals surface area (Å²) < 4.78 is 19.4. The summed E-state index contributed by atoms with van der Waals surface area (Å²) in [5.74, 6) is -0.563. The van der Waals surface area contributed by atoms with Crippen LogP contribution in [0.15, 0.2) is 0 Å². The van der Waals surface area contributed by atoms with Crippen LogP contribution in [0.25, 0.3) is 0 Å². The summed E-state index contributed by atoms with van der Waals surface area (Å²) in [7, 11) is 1.33. The summed E-state index contributed by atoms with van der Waals surface area (Å²) in [5, 5.41) is 0. The monoisotopic (exact) mass is 248 g/mol. The van der Waals surface area contributed by atoms with Crippen molar-refractivity contribution in [2.24, 2.45) is 0 Å². The number of hydrogen-bond donors (Lipinski definition) is 0. The van der Waals surface area contributed by atoms with E-state index in [1.54, 1.807) is 6.92 Å². The Balaban J connectivity index is 3.13. The Bertz CT molecular complexity index is 216. The third-order valence-electron chi connectivity index (χ3n) is 1.81. The van der Waals surface area contributed by atoms with E-state index in [0.29, 0.717) is 33.0 Å². The number of methoxy groups -OCH3 is 1. The first-order valence-electron chi connectivity index (χ1n) is 5.58. The molecule has 6 nitrogen and oxygen atoms in total. The van der Waals surface area contributed by atoms with Crippen LogP contribution >= 0.6 is 0 Å². The largest absolute Gasteiger partial charge is 0.469 e. The van der Waals surface area contributed by atoms with Crippen LogP contribution in [0.3, 0.4) is 0 Å². The Kier molecular flexibility index (Phi) is 10.6. The lowest BCUT2D eigenvalue weighted by atomic mass is 10.4. The number of esters is 2. The van der Waals surface area contributed by atoms with Gasteiger partial charge in [0.25, 0.3) is 0 Å². The minimum absolute atomic E-state index is 0.235. The van der Waals surface area contributed by atoms with Gasteiger partial charge in [-0.1, -0.05) is 0 Å². The SMILES string of the molecule is CCOC(=O)CCOCCOCCC(=O)OC. The van der Waals surface area contributed by atoms with Gasteiger partial charge in [0.2, 0.25) is 0 Å². The zero-order chi connectivity index (χ0) is 12.9. The molecule has 0 aromatic rings. The predicted octanol–water partition coefficient (Wildman–Crippen LogP) is 0.536. The van der Waals surface area contributed by atoms with E-state index >= 15 is 0 Å². The highest BCUT2D eigenvalue weighted by Gasteiger charge is 2.01. The van der Waals surface area contributed by atoms with Crippen LogP contribution in [-0.2, 0) is 28.5 Å². The molecule has 6 heteroatoms. The molecule has 0 N–H and O–H groups in total. The summed E-state index contributed by atoms with van der Waals surface area (Å²) in [4.78, 5) is 21.6. The van der Waals surface area contributed by atoms with E-state index in [9.17, 15) is 9.59 Å². The van der Waals surface area contributed by atoms with Crippen LogP contribution in [0.1, 0.15) is 19.8 Å². The standard InChI is InChI=1S/C11H20O6/c1-3-17-11(13)5-7-16-9-8-15-6-4-10(12)14-2/h3-9H2,1-2H3. The normalized spacial score (nSPS) is 10.0. The quantitative estimate of drug-likeness (QED) is 0.415. The third kappa shape index (κ3) is 11.1. The topological polar surface area (TPSA) is 71.1 Å². The summed E-state index contributed by atoms with van der Waals surface area (Å²) in [6, 6.07) is 0. The van der Waals surface area contributed by atoms with Gasteiger partial charge in [0.1, 0.15) is 0 Å². The number of carbonyl (C=O) groups excluding carboxylic acids is 2. The molecule has 0 saturated heterocycles. The maximum absolute atomic E-state index is 10.9. The average molecular weight is 248 g/mol. The van der Waals surface area contributed by atoms with Crippen molar-refractivity contribution in [2.75, 3.05) is 40.1 Å². The number of carbonyl (C=O) groups is 2. The van der Waals surface area contributed by atoms with Crippen LogP contribution in [-0.4, -0.2) is 52.1 Å². The van der Waals surface area contributed by atoms with Gasteiger partial charge in [-0.2, -0.15) is 0 Å². The molecule has 0 bridgehead atoms. The van der Waals surface area contributed by atoms with Gasteiger partial charge in [0.05, 0.1) is 53.0 Å². The number of ether oxygens (including phenoxy) is 4. The Morgan fingerprint density at radius 2 is 1.41 bits per heavy atom. The smallest absolute Gasteiger partial charge is 0.308 e. The molecule has 0 amide bonds. The molecule has 0 rings (SSSR count). The van der Waals surface area contributed by atoms with Crippen molar-refractivity contribution in [3.63, 3.8) is 0 Å². The van der Waals surface area contributed by atoms with Crippen LogP contribution in [0.5, 0.6) is 0 Å². The predicted molar refractivity (Wildman–Crippen MR) is 59.5 cm³/mol. The second kappa shape index (κ2) is 11.3. The first kappa shape index (κ1) is 15.9.